The van der Waals surface area contributed by atoms with Crippen LogP contribution in [-0.4, -0.2) is 98.1 Å². The van der Waals surface area contributed by atoms with Crippen molar-refractivity contribution in [2.75, 3.05) is 86.4 Å². The molecule has 0 amide bonds. The first kappa shape index (κ1) is 24.9. The molecule has 0 radical (unpaired) electrons. The lowest BCUT2D eigenvalue weighted by Gasteiger charge is -2.08. The summed E-state index contributed by atoms with van der Waals surface area (Å²) in [6.45, 7) is 6.78. The summed E-state index contributed by atoms with van der Waals surface area (Å²) >= 11 is 0. The minimum atomic E-state index is -0.530. The Balaban J connectivity index is 3.07. The summed E-state index contributed by atoms with van der Waals surface area (Å²) in [4.78, 5) is 21.7. The Kier molecular flexibility index (Phi) is 19.4. The molecule has 9 heteroatoms. The lowest BCUT2D eigenvalue weighted by Crippen LogP contribution is -2.15. The standard InChI is InChI=1S/C17H32O9/c1-16(18)15-17(19)26-14-13-25-12-11-24-10-9-23-8-7-22-6-5-21-4-3-20-2/h3-15H2,1-2H3. The van der Waals surface area contributed by atoms with E-state index in [1.165, 1.54) is 6.92 Å². The van der Waals surface area contributed by atoms with E-state index in [9.17, 15) is 9.59 Å². The van der Waals surface area contributed by atoms with Crippen LogP contribution in [-0.2, 0) is 42.7 Å². The SMILES string of the molecule is COCCOCCOCCOCCOCCOCCOC(=O)CC(C)=O. The van der Waals surface area contributed by atoms with E-state index in [1.807, 2.05) is 0 Å². The van der Waals surface area contributed by atoms with Crippen LogP contribution in [0.5, 0.6) is 0 Å². The molecule has 0 aromatic rings. The quantitative estimate of drug-likeness (QED) is 0.167. The number of Topliss-reactive ketones (excluding diaryl/α,β-unsaturated/α-hetero) is 1. The maximum absolute atomic E-state index is 11.1. The van der Waals surface area contributed by atoms with Crippen LogP contribution in [0.25, 0.3) is 0 Å². The van der Waals surface area contributed by atoms with Crippen molar-refractivity contribution in [2.24, 2.45) is 0 Å². The van der Waals surface area contributed by atoms with E-state index in [4.69, 9.17) is 33.2 Å². The molecule has 0 rings (SSSR count). The molecule has 0 saturated carbocycles. The van der Waals surface area contributed by atoms with E-state index < -0.39 is 5.97 Å². The van der Waals surface area contributed by atoms with Crippen LogP contribution in [0.4, 0.5) is 0 Å². The number of carbonyl (C=O) groups is 2. The van der Waals surface area contributed by atoms with Crippen molar-refractivity contribution in [1.29, 1.82) is 0 Å². The van der Waals surface area contributed by atoms with Crippen molar-refractivity contribution >= 4 is 11.8 Å². The van der Waals surface area contributed by atoms with Crippen molar-refractivity contribution < 1.29 is 42.7 Å². The third-order valence-corrected chi connectivity index (χ3v) is 2.80. The minimum absolute atomic E-state index is 0.132. The Labute approximate surface area is 155 Å². The van der Waals surface area contributed by atoms with Crippen LogP contribution in [0.2, 0.25) is 0 Å². The molecule has 0 saturated heterocycles. The van der Waals surface area contributed by atoms with Crippen LogP contribution in [0.15, 0.2) is 0 Å². The number of esters is 1. The van der Waals surface area contributed by atoms with Gasteiger partial charge in [0.2, 0.25) is 0 Å². The van der Waals surface area contributed by atoms with Crippen molar-refractivity contribution in [3.8, 4) is 0 Å². The number of ether oxygens (including phenoxy) is 7. The number of carbonyl (C=O) groups excluding carboxylic acids is 2. The summed E-state index contributed by atoms with van der Waals surface area (Å²) in [7, 11) is 1.63. The highest BCUT2D eigenvalue weighted by Crippen LogP contribution is 1.89. The Morgan fingerprint density at radius 1 is 0.577 bits per heavy atom. The number of rotatable bonds is 20. The number of hydrogen-bond donors (Lipinski definition) is 0. The van der Waals surface area contributed by atoms with Crippen molar-refractivity contribution in [3.05, 3.63) is 0 Å². The molecule has 0 spiro atoms. The second-order valence-electron chi connectivity index (χ2n) is 5.15. The maximum Gasteiger partial charge on any atom is 0.313 e. The zero-order chi connectivity index (χ0) is 19.3. The van der Waals surface area contributed by atoms with Gasteiger partial charge in [0.05, 0.1) is 72.7 Å². The zero-order valence-corrected chi connectivity index (χ0v) is 15.9. The summed E-state index contributed by atoms with van der Waals surface area (Å²) < 4.78 is 36.1. The third kappa shape index (κ3) is 20.9. The molecule has 0 bridgehead atoms. The first-order chi connectivity index (χ1) is 12.7. The number of ketones is 1. The van der Waals surface area contributed by atoms with Gasteiger partial charge in [-0.15, -0.1) is 0 Å². The van der Waals surface area contributed by atoms with Gasteiger partial charge in [-0.3, -0.25) is 9.59 Å². The zero-order valence-electron chi connectivity index (χ0n) is 15.9. The van der Waals surface area contributed by atoms with E-state index in [2.05, 4.69) is 0 Å². The third-order valence-electron chi connectivity index (χ3n) is 2.80. The number of methoxy groups -OCH3 is 1. The average Bonchev–Trinajstić information content (AvgIpc) is 2.60. The molecule has 26 heavy (non-hydrogen) atoms. The van der Waals surface area contributed by atoms with Crippen LogP contribution < -0.4 is 0 Å². The summed E-state index contributed by atoms with van der Waals surface area (Å²) in [5.74, 6) is -0.748. The largest absolute Gasteiger partial charge is 0.463 e. The fraction of sp³-hybridized carbons (Fsp3) is 0.882. The number of hydrogen-bond acceptors (Lipinski definition) is 9. The van der Waals surface area contributed by atoms with Crippen LogP contribution >= 0.6 is 0 Å². The average molecular weight is 380 g/mol. The first-order valence-electron chi connectivity index (χ1n) is 8.69. The Morgan fingerprint density at radius 3 is 1.27 bits per heavy atom. The molecule has 0 unspecified atom stereocenters. The van der Waals surface area contributed by atoms with E-state index in [1.54, 1.807) is 7.11 Å². The lowest BCUT2D eigenvalue weighted by atomic mass is 10.3. The second kappa shape index (κ2) is 20.2. The summed E-state index contributed by atoms with van der Waals surface area (Å²) in [5, 5.41) is 0. The van der Waals surface area contributed by atoms with Crippen molar-refractivity contribution in [1.82, 2.24) is 0 Å². The molecule has 0 aromatic carbocycles. The fourth-order valence-corrected chi connectivity index (χ4v) is 1.59. The molecular formula is C17H32O9. The Morgan fingerprint density at radius 2 is 0.923 bits per heavy atom. The van der Waals surface area contributed by atoms with Crippen LogP contribution in [0.1, 0.15) is 13.3 Å². The molecule has 0 aliphatic carbocycles. The lowest BCUT2D eigenvalue weighted by molar-refractivity contribution is -0.147. The molecule has 0 aromatic heterocycles. The molecule has 9 nitrogen and oxygen atoms in total. The van der Waals surface area contributed by atoms with Crippen molar-refractivity contribution in [2.45, 2.75) is 13.3 Å². The molecule has 0 aliphatic heterocycles. The predicted octanol–water partition coefficient (Wildman–Crippen LogP) is 0.238. The van der Waals surface area contributed by atoms with Gasteiger partial charge < -0.3 is 33.2 Å². The maximum atomic E-state index is 11.1. The molecule has 154 valence electrons. The smallest absolute Gasteiger partial charge is 0.313 e. The topological polar surface area (TPSA) is 98.8 Å². The molecule has 0 heterocycles. The molecule has 0 fully saturated rings. The van der Waals surface area contributed by atoms with Gasteiger partial charge in [0, 0.05) is 7.11 Å². The van der Waals surface area contributed by atoms with Gasteiger partial charge >= 0.3 is 5.97 Å². The van der Waals surface area contributed by atoms with Gasteiger partial charge in [-0.2, -0.15) is 0 Å². The van der Waals surface area contributed by atoms with Gasteiger partial charge in [0.25, 0.3) is 0 Å². The Hall–Kier alpha value is -1.10. The van der Waals surface area contributed by atoms with Gasteiger partial charge in [-0.1, -0.05) is 0 Å². The van der Waals surface area contributed by atoms with E-state index in [0.29, 0.717) is 66.1 Å². The molecular weight excluding hydrogens is 348 g/mol. The van der Waals surface area contributed by atoms with E-state index >= 15 is 0 Å². The van der Waals surface area contributed by atoms with Crippen LogP contribution in [0, 0.1) is 0 Å². The monoisotopic (exact) mass is 380 g/mol. The molecule has 0 aliphatic rings. The van der Waals surface area contributed by atoms with Gasteiger partial charge in [-0.25, -0.2) is 0 Å². The van der Waals surface area contributed by atoms with Gasteiger partial charge in [-0.05, 0) is 6.92 Å². The highest BCUT2D eigenvalue weighted by molar-refractivity contribution is 5.94. The first-order valence-corrected chi connectivity index (χ1v) is 8.69. The summed E-state index contributed by atoms with van der Waals surface area (Å²) in [6, 6.07) is 0. The summed E-state index contributed by atoms with van der Waals surface area (Å²) in [5.41, 5.74) is 0. The highest BCUT2D eigenvalue weighted by Gasteiger charge is 2.05. The van der Waals surface area contributed by atoms with Crippen molar-refractivity contribution in [3.63, 3.8) is 0 Å². The predicted molar refractivity (Wildman–Crippen MR) is 92.2 cm³/mol. The van der Waals surface area contributed by atoms with Gasteiger partial charge in [0.15, 0.2) is 0 Å². The summed E-state index contributed by atoms with van der Waals surface area (Å²) in [6.07, 6.45) is -0.198. The fourth-order valence-electron chi connectivity index (χ4n) is 1.59. The van der Waals surface area contributed by atoms with E-state index in [-0.39, 0.29) is 25.4 Å². The Bertz CT molecular complexity index is 336. The normalized spacial score (nSPS) is 10.8. The highest BCUT2D eigenvalue weighted by atomic mass is 16.6. The molecule has 0 N–H and O–H groups in total. The molecule has 0 atom stereocenters. The van der Waals surface area contributed by atoms with E-state index in [0.717, 1.165) is 0 Å². The second-order valence-corrected chi connectivity index (χ2v) is 5.15. The minimum Gasteiger partial charge on any atom is -0.463 e. The van der Waals surface area contributed by atoms with Crippen LogP contribution in [0.3, 0.4) is 0 Å². The van der Waals surface area contributed by atoms with Gasteiger partial charge in [0.1, 0.15) is 18.8 Å².